The second kappa shape index (κ2) is 9.52. The van der Waals surface area contributed by atoms with E-state index in [9.17, 15) is 4.39 Å². The van der Waals surface area contributed by atoms with E-state index < -0.39 is 0 Å². The molecule has 1 nitrogen and oxygen atoms in total. The number of halogens is 1. The van der Waals surface area contributed by atoms with Crippen molar-refractivity contribution in [2.24, 2.45) is 0 Å². The molecule has 0 heterocycles. The molecule has 0 aliphatic rings. The van der Waals surface area contributed by atoms with Crippen LogP contribution in [0.3, 0.4) is 0 Å². The average molecular weight is 466 g/mol. The van der Waals surface area contributed by atoms with Crippen LogP contribution < -0.4 is 5.32 Å². The summed E-state index contributed by atoms with van der Waals surface area (Å²) in [5.74, 6) is -0.214. The summed E-state index contributed by atoms with van der Waals surface area (Å²) in [6.45, 7) is 0. The molecule has 0 aliphatic carbocycles. The quantitative estimate of drug-likeness (QED) is 0.267. The van der Waals surface area contributed by atoms with Crippen molar-refractivity contribution in [3.8, 4) is 33.4 Å². The third-order valence-electron chi connectivity index (χ3n) is 6.52. The van der Waals surface area contributed by atoms with Crippen LogP contribution in [0.4, 0.5) is 15.8 Å². The Morgan fingerprint density at radius 3 is 1.81 bits per heavy atom. The third kappa shape index (κ3) is 4.25. The molecule has 2 heteroatoms. The number of hydrogen-bond donors (Lipinski definition) is 1. The summed E-state index contributed by atoms with van der Waals surface area (Å²) in [5.41, 5.74) is 8.08. The molecule has 6 aromatic rings. The zero-order valence-electron chi connectivity index (χ0n) is 19.7. The van der Waals surface area contributed by atoms with Crippen LogP contribution in [0, 0.1) is 5.82 Å². The lowest BCUT2D eigenvalue weighted by molar-refractivity contribution is 0.631. The van der Waals surface area contributed by atoms with Gasteiger partial charge >= 0.3 is 0 Å². The minimum Gasteiger partial charge on any atom is -0.356 e. The van der Waals surface area contributed by atoms with E-state index in [1.807, 2.05) is 30.3 Å². The van der Waals surface area contributed by atoms with Crippen molar-refractivity contribution in [2.75, 3.05) is 5.32 Å². The molecule has 0 amide bonds. The van der Waals surface area contributed by atoms with Crippen molar-refractivity contribution < 1.29 is 4.39 Å². The molecule has 172 valence electrons. The number of nitrogens with one attached hydrogen (secondary N) is 1. The maximum atomic E-state index is 14.8. The van der Waals surface area contributed by atoms with Crippen molar-refractivity contribution in [3.63, 3.8) is 0 Å². The lowest BCUT2D eigenvalue weighted by atomic mass is 9.91. The molecule has 0 saturated heterocycles. The number of hydrogen-bond acceptors (Lipinski definition) is 1. The SMILES string of the molecule is Fc1ccccc1-c1cccc2cccc(-c3cccc(Nc4ccc(-c5ccccc5)cc4)c3)c12. The van der Waals surface area contributed by atoms with Gasteiger partial charge in [-0.25, -0.2) is 4.39 Å². The van der Waals surface area contributed by atoms with Gasteiger partial charge in [0, 0.05) is 16.9 Å². The normalized spacial score (nSPS) is 10.9. The van der Waals surface area contributed by atoms with E-state index in [1.165, 1.54) is 17.2 Å². The molecule has 0 bridgehead atoms. The minimum atomic E-state index is -0.214. The van der Waals surface area contributed by atoms with E-state index in [2.05, 4.69) is 102 Å². The first-order valence-electron chi connectivity index (χ1n) is 12.1. The van der Waals surface area contributed by atoms with Gasteiger partial charge in [0.25, 0.3) is 0 Å². The molecule has 6 rings (SSSR count). The summed E-state index contributed by atoms with van der Waals surface area (Å²) >= 11 is 0. The molecular weight excluding hydrogens is 441 g/mol. The topological polar surface area (TPSA) is 12.0 Å². The molecule has 6 aromatic carbocycles. The molecule has 36 heavy (non-hydrogen) atoms. The van der Waals surface area contributed by atoms with Crippen LogP contribution in [-0.4, -0.2) is 0 Å². The molecule has 0 atom stereocenters. The van der Waals surface area contributed by atoms with Gasteiger partial charge in [-0.1, -0.05) is 109 Å². The molecular formula is C34H24FN. The molecule has 0 saturated carbocycles. The minimum absolute atomic E-state index is 0.214. The summed E-state index contributed by atoms with van der Waals surface area (Å²) in [4.78, 5) is 0. The number of benzene rings is 6. The van der Waals surface area contributed by atoms with Crippen LogP contribution in [0.5, 0.6) is 0 Å². The second-order valence-electron chi connectivity index (χ2n) is 8.84. The summed E-state index contributed by atoms with van der Waals surface area (Å²) in [5, 5.41) is 5.67. The van der Waals surface area contributed by atoms with Gasteiger partial charge in [0.15, 0.2) is 0 Å². The fraction of sp³-hybridized carbons (Fsp3) is 0. The van der Waals surface area contributed by atoms with Gasteiger partial charge in [0.1, 0.15) is 5.82 Å². The zero-order valence-corrected chi connectivity index (χ0v) is 19.7. The first-order chi connectivity index (χ1) is 17.8. The summed E-state index contributed by atoms with van der Waals surface area (Å²) < 4.78 is 14.8. The van der Waals surface area contributed by atoms with Crippen LogP contribution in [0.1, 0.15) is 0 Å². The summed E-state index contributed by atoms with van der Waals surface area (Å²) in [6, 6.07) is 46.5. The van der Waals surface area contributed by atoms with Crippen molar-refractivity contribution in [1.29, 1.82) is 0 Å². The monoisotopic (exact) mass is 465 g/mol. The number of anilines is 2. The van der Waals surface area contributed by atoms with Gasteiger partial charge in [-0.3, -0.25) is 0 Å². The first-order valence-corrected chi connectivity index (χ1v) is 12.1. The van der Waals surface area contributed by atoms with E-state index in [0.717, 1.165) is 38.8 Å². The molecule has 0 spiro atoms. The van der Waals surface area contributed by atoms with Gasteiger partial charge in [-0.15, -0.1) is 0 Å². The van der Waals surface area contributed by atoms with Crippen LogP contribution in [0.25, 0.3) is 44.2 Å². The molecule has 0 fully saturated rings. The Labute approximate surface area is 210 Å². The Balaban J connectivity index is 1.37. The second-order valence-corrected chi connectivity index (χ2v) is 8.84. The predicted molar refractivity (Wildman–Crippen MR) is 150 cm³/mol. The van der Waals surface area contributed by atoms with E-state index in [4.69, 9.17) is 0 Å². The number of rotatable bonds is 5. The van der Waals surface area contributed by atoms with Crippen molar-refractivity contribution >= 4 is 22.1 Å². The average Bonchev–Trinajstić information content (AvgIpc) is 2.94. The van der Waals surface area contributed by atoms with Gasteiger partial charge < -0.3 is 5.32 Å². The largest absolute Gasteiger partial charge is 0.356 e. The summed E-state index contributed by atoms with van der Waals surface area (Å²) in [7, 11) is 0. The maximum Gasteiger partial charge on any atom is 0.131 e. The van der Waals surface area contributed by atoms with Gasteiger partial charge in [-0.05, 0) is 68.9 Å². The fourth-order valence-electron chi connectivity index (χ4n) is 4.79. The smallest absolute Gasteiger partial charge is 0.131 e. The first kappa shape index (κ1) is 21.8. The van der Waals surface area contributed by atoms with Crippen molar-refractivity contribution in [1.82, 2.24) is 0 Å². The fourth-order valence-corrected chi connectivity index (χ4v) is 4.79. The standard InChI is InChI=1S/C34H24FN/c35-33-18-5-4-15-31(33)32-17-8-12-26-11-7-16-30(34(26)32)27-13-6-14-29(23-27)36-28-21-19-25(20-22-28)24-9-2-1-3-10-24/h1-23,36H. The maximum absolute atomic E-state index is 14.8. The zero-order chi connectivity index (χ0) is 24.3. The summed E-state index contributed by atoms with van der Waals surface area (Å²) in [6.07, 6.45) is 0. The third-order valence-corrected chi connectivity index (χ3v) is 6.52. The Bertz CT molecular complexity index is 1650. The van der Waals surface area contributed by atoms with E-state index >= 15 is 0 Å². The van der Waals surface area contributed by atoms with Crippen LogP contribution in [0.2, 0.25) is 0 Å². The van der Waals surface area contributed by atoms with Crippen molar-refractivity contribution in [2.45, 2.75) is 0 Å². The van der Waals surface area contributed by atoms with Crippen LogP contribution in [0.15, 0.2) is 140 Å². The van der Waals surface area contributed by atoms with E-state index in [-0.39, 0.29) is 5.82 Å². The Morgan fingerprint density at radius 1 is 0.417 bits per heavy atom. The molecule has 0 radical (unpaired) electrons. The highest BCUT2D eigenvalue weighted by Gasteiger charge is 2.13. The van der Waals surface area contributed by atoms with Gasteiger partial charge in [0.05, 0.1) is 0 Å². The lowest BCUT2D eigenvalue weighted by Gasteiger charge is -2.14. The Morgan fingerprint density at radius 2 is 1.03 bits per heavy atom. The highest BCUT2D eigenvalue weighted by atomic mass is 19.1. The van der Waals surface area contributed by atoms with Crippen LogP contribution >= 0.6 is 0 Å². The Hall–Kier alpha value is -4.69. The molecule has 0 unspecified atom stereocenters. The lowest BCUT2D eigenvalue weighted by Crippen LogP contribution is -1.92. The predicted octanol–water partition coefficient (Wildman–Crippen LogP) is 9.72. The number of fused-ring (bicyclic) bond motifs is 1. The Kier molecular flexibility index (Phi) is 5.77. The highest BCUT2D eigenvalue weighted by molar-refractivity contribution is 6.06. The van der Waals surface area contributed by atoms with E-state index in [0.29, 0.717) is 5.56 Å². The van der Waals surface area contributed by atoms with Crippen LogP contribution in [-0.2, 0) is 0 Å². The molecule has 0 aliphatic heterocycles. The molecule has 1 N–H and O–H groups in total. The molecule has 0 aromatic heterocycles. The van der Waals surface area contributed by atoms with Gasteiger partial charge in [0.2, 0.25) is 0 Å². The van der Waals surface area contributed by atoms with E-state index in [1.54, 1.807) is 6.07 Å². The van der Waals surface area contributed by atoms with Gasteiger partial charge in [-0.2, -0.15) is 0 Å². The van der Waals surface area contributed by atoms with Crippen molar-refractivity contribution in [3.05, 3.63) is 145 Å². The highest BCUT2D eigenvalue weighted by Crippen LogP contribution is 2.38.